The lowest BCUT2D eigenvalue weighted by Crippen LogP contribution is -2.47. The van der Waals surface area contributed by atoms with Gasteiger partial charge in [0.15, 0.2) is 0 Å². The third-order valence-electron chi connectivity index (χ3n) is 4.25. The van der Waals surface area contributed by atoms with Gasteiger partial charge in [0.2, 0.25) is 5.91 Å². The van der Waals surface area contributed by atoms with Gasteiger partial charge in [-0.1, -0.05) is 18.2 Å². The van der Waals surface area contributed by atoms with Crippen LogP contribution in [0.2, 0.25) is 0 Å². The maximum Gasteiger partial charge on any atom is 0.408 e. The molecule has 2 atom stereocenters. The van der Waals surface area contributed by atoms with Crippen molar-refractivity contribution in [2.75, 3.05) is 20.2 Å². The first-order chi connectivity index (χ1) is 13.6. The molecule has 1 aliphatic rings. The van der Waals surface area contributed by atoms with Gasteiger partial charge >= 0.3 is 12.1 Å². The Hall–Kier alpha value is -3.10. The Balaban J connectivity index is 1.99. The van der Waals surface area contributed by atoms with E-state index >= 15 is 0 Å². The van der Waals surface area contributed by atoms with Crippen molar-refractivity contribution in [3.63, 3.8) is 0 Å². The predicted octanol–water partition coefficient (Wildman–Crippen LogP) is 1.08. The van der Waals surface area contributed by atoms with E-state index in [9.17, 15) is 19.2 Å². The Bertz CT molecular complexity index is 759. The molecule has 1 saturated heterocycles. The molecule has 3 amide bonds. The zero-order valence-electron chi connectivity index (χ0n) is 17.1. The third kappa shape index (κ3) is 6.48. The van der Waals surface area contributed by atoms with E-state index in [2.05, 4.69) is 10.6 Å². The number of benzene rings is 1. The van der Waals surface area contributed by atoms with E-state index in [1.54, 1.807) is 51.1 Å². The van der Waals surface area contributed by atoms with Gasteiger partial charge in [-0.05, 0) is 32.9 Å². The van der Waals surface area contributed by atoms with Crippen molar-refractivity contribution in [3.05, 3.63) is 35.9 Å². The van der Waals surface area contributed by atoms with Crippen molar-refractivity contribution >= 4 is 23.9 Å². The van der Waals surface area contributed by atoms with Crippen molar-refractivity contribution in [3.8, 4) is 0 Å². The number of rotatable bonds is 5. The fourth-order valence-electron chi connectivity index (χ4n) is 3.00. The molecule has 2 unspecified atom stereocenters. The average molecular weight is 405 g/mol. The van der Waals surface area contributed by atoms with Gasteiger partial charge in [-0.3, -0.25) is 9.59 Å². The summed E-state index contributed by atoms with van der Waals surface area (Å²) < 4.78 is 9.89. The van der Waals surface area contributed by atoms with Gasteiger partial charge < -0.3 is 25.0 Å². The standard InChI is InChI=1S/C20H27N3O6/c1-20(2,3)29-19(27)21-11-16(24)23-12-14(10-15(23)18(26)28-4)22-17(25)13-8-6-5-7-9-13/h5-9,14-15H,10-12H2,1-4H3,(H,21,27)(H,22,25). The molecular formula is C20H27N3O6. The number of ether oxygens (including phenoxy) is 2. The number of amides is 3. The first-order valence-electron chi connectivity index (χ1n) is 9.31. The summed E-state index contributed by atoms with van der Waals surface area (Å²) in [6.45, 7) is 4.93. The largest absolute Gasteiger partial charge is 0.467 e. The summed E-state index contributed by atoms with van der Waals surface area (Å²) in [6, 6.07) is 7.40. The molecular weight excluding hydrogens is 378 g/mol. The number of esters is 1. The highest BCUT2D eigenvalue weighted by molar-refractivity contribution is 5.94. The lowest BCUT2D eigenvalue weighted by atomic mass is 10.1. The molecule has 0 radical (unpaired) electrons. The second-order valence-corrected chi connectivity index (χ2v) is 7.71. The third-order valence-corrected chi connectivity index (χ3v) is 4.25. The number of likely N-dealkylation sites (tertiary alicyclic amines) is 1. The highest BCUT2D eigenvalue weighted by atomic mass is 16.6. The molecule has 0 aliphatic carbocycles. The molecule has 9 heteroatoms. The van der Waals surface area contributed by atoms with Crippen LogP contribution in [0.25, 0.3) is 0 Å². The van der Waals surface area contributed by atoms with Gasteiger partial charge in [-0.25, -0.2) is 9.59 Å². The van der Waals surface area contributed by atoms with E-state index in [-0.39, 0.29) is 25.4 Å². The number of carbonyl (C=O) groups excluding carboxylic acids is 4. The minimum Gasteiger partial charge on any atom is -0.467 e. The molecule has 0 saturated carbocycles. The number of hydrogen-bond donors (Lipinski definition) is 2. The summed E-state index contributed by atoms with van der Waals surface area (Å²) in [7, 11) is 1.24. The fourth-order valence-corrected chi connectivity index (χ4v) is 3.00. The molecule has 1 heterocycles. The molecule has 0 aromatic heterocycles. The second kappa shape index (κ2) is 9.40. The molecule has 0 bridgehead atoms. The van der Waals surface area contributed by atoms with Crippen LogP contribution in [0.5, 0.6) is 0 Å². The van der Waals surface area contributed by atoms with Crippen LogP contribution in [-0.4, -0.2) is 66.7 Å². The molecule has 2 N–H and O–H groups in total. The van der Waals surface area contributed by atoms with Crippen LogP contribution in [-0.2, 0) is 19.1 Å². The molecule has 29 heavy (non-hydrogen) atoms. The normalized spacial score (nSPS) is 18.7. The predicted molar refractivity (Wildman–Crippen MR) is 104 cm³/mol. The van der Waals surface area contributed by atoms with Crippen LogP contribution in [0, 0.1) is 0 Å². The molecule has 1 aliphatic heterocycles. The van der Waals surface area contributed by atoms with Gasteiger partial charge in [0.05, 0.1) is 7.11 Å². The molecule has 1 aromatic rings. The molecule has 158 valence electrons. The molecule has 2 rings (SSSR count). The number of carbonyl (C=O) groups is 4. The van der Waals surface area contributed by atoms with Gasteiger partial charge in [0.1, 0.15) is 18.2 Å². The molecule has 9 nitrogen and oxygen atoms in total. The van der Waals surface area contributed by atoms with Crippen molar-refractivity contribution in [1.29, 1.82) is 0 Å². The SMILES string of the molecule is COC(=O)C1CC(NC(=O)c2ccccc2)CN1C(=O)CNC(=O)OC(C)(C)C. The Morgan fingerprint density at radius 1 is 1.14 bits per heavy atom. The summed E-state index contributed by atoms with van der Waals surface area (Å²) in [6.07, 6.45) is -0.503. The van der Waals surface area contributed by atoms with E-state index in [0.29, 0.717) is 5.56 Å². The number of hydrogen-bond acceptors (Lipinski definition) is 6. The zero-order chi connectivity index (χ0) is 21.6. The lowest BCUT2D eigenvalue weighted by molar-refractivity contribution is -0.150. The van der Waals surface area contributed by atoms with E-state index in [1.165, 1.54) is 12.0 Å². The maximum atomic E-state index is 12.6. The molecule has 1 fully saturated rings. The summed E-state index contributed by atoms with van der Waals surface area (Å²) in [5.74, 6) is -1.34. The molecule has 0 spiro atoms. The summed E-state index contributed by atoms with van der Waals surface area (Å²) in [5.41, 5.74) is -0.208. The first-order valence-corrected chi connectivity index (χ1v) is 9.31. The number of alkyl carbamates (subject to hydrolysis) is 1. The highest BCUT2D eigenvalue weighted by Gasteiger charge is 2.40. The van der Waals surface area contributed by atoms with Crippen molar-refractivity contribution < 1.29 is 28.7 Å². The average Bonchev–Trinajstić information content (AvgIpc) is 3.08. The van der Waals surface area contributed by atoms with E-state index in [1.807, 2.05) is 0 Å². The first kappa shape index (κ1) is 22.2. The number of nitrogens with zero attached hydrogens (tertiary/aromatic N) is 1. The van der Waals surface area contributed by atoms with Crippen LogP contribution in [0.3, 0.4) is 0 Å². The van der Waals surface area contributed by atoms with Gasteiger partial charge in [0, 0.05) is 24.6 Å². The van der Waals surface area contributed by atoms with Crippen LogP contribution >= 0.6 is 0 Å². The highest BCUT2D eigenvalue weighted by Crippen LogP contribution is 2.20. The lowest BCUT2D eigenvalue weighted by Gasteiger charge is -2.23. The number of methoxy groups -OCH3 is 1. The van der Waals surface area contributed by atoms with Crippen LogP contribution < -0.4 is 10.6 Å². The van der Waals surface area contributed by atoms with Crippen molar-refractivity contribution in [1.82, 2.24) is 15.5 Å². The smallest absolute Gasteiger partial charge is 0.408 e. The van der Waals surface area contributed by atoms with Gasteiger partial charge in [0.25, 0.3) is 5.91 Å². The Morgan fingerprint density at radius 3 is 2.38 bits per heavy atom. The second-order valence-electron chi connectivity index (χ2n) is 7.71. The fraction of sp³-hybridized carbons (Fsp3) is 0.500. The zero-order valence-corrected chi connectivity index (χ0v) is 17.1. The quantitative estimate of drug-likeness (QED) is 0.709. The Kier molecular flexibility index (Phi) is 7.19. The Labute approximate surface area is 169 Å². The van der Waals surface area contributed by atoms with E-state index in [4.69, 9.17) is 9.47 Å². The summed E-state index contributed by atoms with van der Waals surface area (Å²) >= 11 is 0. The van der Waals surface area contributed by atoms with Gasteiger partial charge in [-0.15, -0.1) is 0 Å². The van der Waals surface area contributed by atoms with Crippen LogP contribution in [0.4, 0.5) is 4.79 Å². The van der Waals surface area contributed by atoms with Crippen LogP contribution in [0.1, 0.15) is 37.6 Å². The minimum atomic E-state index is -0.839. The monoisotopic (exact) mass is 405 g/mol. The minimum absolute atomic E-state index is 0.132. The number of nitrogens with one attached hydrogen (secondary N) is 2. The van der Waals surface area contributed by atoms with Gasteiger partial charge in [-0.2, -0.15) is 0 Å². The van der Waals surface area contributed by atoms with E-state index in [0.717, 1.165) is 0 Å². The Morgan fingerprint density at radius 2 is 1.79 bits per heavy atom. The van der Waals surface area contributed by atoms with Crippen molar-refractivity contribution in [2.24, 2.45) is 0 Å². The molecule has 1 aromatic carbocycles. The van der Waals surface area contributed by atoms with Crippen molar-refractivity contribution in [2.45, 2.75) is 44.9 Å². The van der Waals surface area contributed by atoms with Crippen LogP contribution in [0.15, 0.2) is 30.3 Å². The summed E-state index contributed by atoms with van der Waals surface area (Å²) in [4.78, 5) is 50.1. The van der Waals surface area contributed by atoms with E-state index < -0.39 is 35.7 Å². The summed E-state index contributed by atoms with van der Waals surface area (Å²) in [5, 5.41) is 5.22. The topological polar surface area (TPSA) is 114 Å². The maximum absolute atomic E-state index is 12.6.